The summed E-state index contributed by atoms with van der Waals surface area (Å²) in [6.07, 6.45) is 1.58. The number of hydrogen-bond donors (Lipinski definition) is 2. The van der Waals surface area contributed by atoms with Gasteiger partial charge < -0.3 is 9.97 Å². The summed E-state index contributed by atoms with van der Waals surface area (Å²) in [5.74, 6) is 0. The average molecular weight is 413 g/mol. The second kappa shape index (κ2) is 6.79. The molecule has 0 aliphatic carbocycles. The van der Waals surface area contributed by atoms with Crippen molar-refractivity contribution in [2.24, 2.45) is 0 Å². The Balaban J connectivity index is 1.88. The SMILES string of the molecule is Cc1c(C#N)cccc1-c1nc2[nH]c(=O)ccc2nc1-c1cc(Cl)c2nc[nH]c2c1. The molecule has 0 saturated heterocycles. The first kappa shape index (κ1) is 18.0. The molecule has 0 amide bonds. The molecule has 8 heteroatoms. The number of hydrogen-bond acceptors (Lipinski definition) is 5. The number of pyridine rings is 1. The van der Waals surface area contributed by atoms with Crippen LogP contribution in [0.5, 0.6) is 0 Å². The minimum Gasteiger partial charge on any atom is -0.345 e. The van der Waals surface area contributed by atoms with E-state index in [4.69, 9.17) is 21.6 Å². The second-order valence-electron chi connectivity index (χ2n) is 6.82. The van der Waals surface area contributed by atoms with Crippen molar-refractivity contribution in [1.29, 1.82) is 5.26 Å². The zero-order valence-electron chi connectivity index (χ0n) is 15.7. The number of benzene rings is 2. The second-order valence-corrected chi connectivity index (χ2v) is 7.23. The highest BCUT2D eigenvalue weighted by Gasteiger charge is 2.18. The van der Waals surface area contributed by atoms with Crippen LogP contribution in [0.25, 0.3) is 44.7 Å². The maximum Gasteiger partial charge on any atom is 0.249 e. The van der Waals surface area contributed by atoms with E-state index in [2.05, 4.69) is 21.0 Å². The molecule has 0 aliphatic rings. The summed E-state index contributed by atoms with van der Waals surface area (Å²) in [6, 6.07) is 14.4. The molecule has 0 fully saturated rings. The number of nitrogens with one attached hydrogen (secondary N) is 2. The molecular weight excluding hydrogens is 400 g/mol. The molecule has 0 saturated carbocycles. The lowest BCUT2D eigenvalue weighted by atomic mass is 9.97. The monoisotopic (exact) mass is 412 g/mol. The van der Waals surface area contributed by atoms with Gasteiger partial charge in [-0.1, -0.05) is 23.7 Å². The third kappa shape index (κ3) is 2.82. The molecule has 5 aromatic rings. The molecule has 3 heterocycles. The molecule has 0 spiro atoms. The van der Waals surface area contributed by atoms with Crippen LogP contribution in [0.15, 0.2) is 53.6 Å². The van der Waals surface area contributed by atoms with E-state index in [9.17, 15) is 10.1 Å². The van der Waals surface area contributed by atoms with Crippen molar-refractivity contribution in [3.05, 3.63) is 75.3 Å². The van der Waals surface area contributed by atoms with E-state index in [1.165, 1.54) is 6.07 Å². The van der Waals surface area contributed by atoms with Gasteiger partial charge in [-0.2, -0.15) is 5.26 Å². The molecule has 5 rings (SSSR count). The van der Waals surface area contributed by atoms with Crippen LogP contribution in [0, 0.1) is 18.3 Å². The van der Waals surface area contributed by atoms with E-state index in [0.717, 1.165) is 22.2 Å². The van der Waals surface area contributed by atoms with Crippen LogP contribution < -0.4 is 5.56 Å². The summed E-state index contributed by atoms with van der Waals surface area (Å²) >= 11 is 6.45. The maximum atomic E-state index is 11.8. The minimum atomic E-state index is -0.264. The van der Waals surface area contributed by atoms with Gasteiger partial charge >= 0.3 is 0 Å². The summed E-state index contributed by atoms with van der Waals surface area (Å²) in [5.41, 5.74) is 6.06. The molecule has 0 atom stereocenters. The van der Waals surface area contributed by atoms with Gasteiger partial charge in [0.1, 0.15) is 11.0 Å². The molecular formula is C22H13ClN6O. The normalized spacial score (nSPS) is 11.1. The van der Waals surface area contributed by atoms with Gasteiger partial charge in [-0.05, 0) is 36.8 Å². The van der Waals surface area contributed by atoms with Crippen LogP contribution in [-0.4, -0.2) is 24.9 Å². The first-order valence-corrected chi connectivity index (χ1v) is 9.47. The van der Waals surface area contributed by atoms with E-state index in [0.29, 0.717) is 38.7 Å². The highest BCUT2D eigenvalue weighted by atomic mass is 35.5. The van der Waals surface area contributed by atoms with Gasteiger partial charge in [0.05, 0.1) is 39.9 Å². The molecule has 30 heavy (non-hydrogen) atoms. The number of imidazole rings is 1. The Bertz CT molecular complexity index is 1560. The Morgan fingerprint density at radius 2 is 1.97 bits per heavy atom. The van der Waals surface area contributed by atoms with Crippen LogP contribution in [-0.2, 0) is 0 Å². The number of nitriles is 1. The zero-order chi connectivity index (χ0) is 20.8. The highest BCUT2D eigenvalue weighted by molar-refractivity contribution is 6.35. The highest BCUT2D eigenvalue weighted by Crippen LogP contribution is 2.36. The topological polar surface area (TPSA) is 111 Å². The predicted molar refractivity (Wildman–Crippen MR) is 115 cm³/mol. The maximum absolute atomic E-state index is 11.8. The molecule has 3 aromatic heterocycles. The van der Waals surface area contributed by atoms with E-state index >= 15 is 0 Å². The third-order valence-electron chi connectivity index (χ3n) is 5.02. The number of nitrogens with zero attached hydrogens (tertiary/aromatic N) is 4. The van der Waals surface area contributed by atoms with E-state index in [1.807, 2.05) is 19.1 Å². The van der Waals surface area contributed by atoms with Crippen LogP contribution in [0.4, 0.5) is 0 Å². The molecule has 0 bridgehead atoms. The van der Waals surface area contributed by atoms with Crippen molar-refractivity contribution >= 4 is 33.8 Å². The molecule has 7 nitrogen and oxygen atoms in total. The standard InChI is InChI=1S/C22H13ClN6O/c1-11-12(9-24)3-2-4-14(11)20-19(27-16-5-6-18(30)28-22(16)29-20)13-7-15(23)21-17(8-13)25-10-26-21/h2-8,10H,1H3,(H,25,26)(H,28,29,30). The minimum absolute atomic E-state index is 0.264. The number of H-pyrrole nitrogens is 2. The van der Waals surface area contributed by atoms with Gasteiger partial charge in [0.15, 0.2) is 5.65 Å². The Morgan fingerprint density at radius 1 is 1.10 bits per heavy atom. The van der Waals surface area contributed by atoms with Gasteiger partial charge in [-0.15, -0.1) is 0 Å². The van der Waals surface area contributed by atoms with Crippen molar-refractivity contribution in [2.75, 3.05) is 0 Å². The third-order valence-corrected chi connectivity index (χ3v) is 5.30. The summed E-state index contributed by atoms with van der Waals surface area (Å²) in [6.45, 7) is 1.86. The molecule has 0 radical (unpaired) electrons. The first-order valence-electron chi connectivity index (χ1n) is 9.09. The summed E-state index contributed by atoms with van der Waals surface area (Å²) in [5, 5.41) is 9.94. The molecule has 2 N–H and O–H groups in total. The number of fused-ring (bicyclic) bond motifs is 2. The smallest absolute Gasteiger partial charge is 0.249 e. The lowest BCUT2D eigenvalue weighted by Crippen LogP contribution is -2.06. The molecule has 0 aliphatic heterocycles. The van der Waals surface area contributed by atoms with Gasteiger partial charge in [0.25, 0.3) is 0 Å². The quantitative estimate of drug-likeness (QED) is 0.447. The zero-order valence-corrected chi connectivity index (χ0v) is 16.4. The number of aromatic amines is 2. The number of rotatable bonds is 2. The fraction of sp³-hybridized carbons (Fsp3) is 0.0455. The van der Waals surface area contributed by atoms with Gasteiger partial charge in [-0.3, -0.25) is 4.79 Å². The van der Waals surface area contributed by atoms with Crippen LogP contribution in [0.1, 0.15) is 11.1 Å². The van der Waals surface area contributed by atoms with Crippen LogP contribution in [0.2, 0.25) is 5.02 Å². The molecule has 2 aromatic carbocycles. The van der Waals surface area contributed by atoms with Gasteiger partial charge in [0.2, 0.25) is 5.56 Å². The summed E-state index contributed by atoms with van der Waals surface area (Å²) in [7, 11) is 0. The Morgan fingerprint density at radius 3 is 2.80 bits per heavy atom. The first-order chi connectivity index (χ1) is 14.5. The average Bonchev–Trinajstić information content (AvgIpc) is 3.22. The lowest BCUT2D eigenvalue weighted by molar-refractivity contribution is 1.19. The molecule has 0 unspecified atom stereocenters. The van der Waals surface area contributed by atoms with Gasteiger partial charge in [-0.25, -0.2) is 15.0 Å². The Labute approximate surface area is 175 Å². The fourth-order valence-corrected chi connectivity index (χ4v) is 3.78. The van der Waals surface area contributed by atoms with E-state index in [-0.39, 0.29) is 5.56 Å². The fourth-order valence-electron chi connectivity index (χ4n) is 3.52. The molecule has 144 valence electrons. The Hall–Kier alpha value is -4.02. The number of aromatic nitrogens is 5. The van der Waals surface area contributed by atoms with Crippen molar-refractivity contribution in [1.82, 2.24) is 24.9 Å². The number of halogens is 1. The largest absolute Gasteiger partial charge is 0.345 e. The van der Waals surface area contributed by atoms with Crippen molar-refractivity contribution in [2.45, 2.75) is 6.92 Å². The predicted octanol–water partition coefficient (Wildman–Crippen LogP) is 4.36. The van der Waals surface area contributed by atoms with Gasteiger partial charge in [0, 0.05) is 17.2 Å². The van der Waals surface area contributed by atoms with Crippen LogP contribution >= 0.6 is 11.6 Å². The lowest BCUT2D eigenvalue weighted by Gasteiger charge is -2.13. The Kier molecular flexibility index (Phi) is 4.09. The van der Waals surface area contributed by atoms with E-state index in [1.54, 1.807) is 30.6 Å². The van der Waals surface area contributed by atoms with E-state index < -0.39 is 0 Å². The summed E-state index contributed by atoms with van der Waals surface area (Å²) in [4.78, 5) is 31.4. The van der Waals surface area contributed by atoms with Crippen molar-refractivity contribution in [3.63, 3.8) is 0 Å². The van der Waals surface area contributed by atoms with Crippen LogP contribution in [0.3, 0.4) is 0 Å². The van der Waals surface area contributed by atoms with Crippen molar-refractivity contribution in [3.8, 4) is 28.6 Å². The summed E-state index contributed by atoms with van der Waals surface area (Å²) < 4.78 is 0. The van der Waals surface area contributed by atoms with Crippen molar-refractivity contribution < 1.29 is 0 Å².